The summed E-state index contributed by atoms with van der Waals surface area (Å²) < 4.78 is 169. The van der Waals surface area contributed by atoms with E-state index in [2.05, 4.69) is 0 Å². The summed E-state index contributed by atoms with van der Waals surface area (Å²) in [4.78, 5) is 25.9. The van der Waals surface area contributed by atoms with Gasteiger partial charge in [-0.05, 0) is 69.8 Å². The normalized spacial score (nSPS) is 14.1. The van der Waals surface area contributed by atoms with Crippen LogP contribution in [-0.4, -0.2) is 41.3 Å². The molecule has 1 amide bonds. The second kappa shape index (κ2) is 14.9. The highest BCUT2D eigenvalue weighted by Gasteiger charge is 2.39. The highest BCUT2D eigenvalue weighted by atomic mass is 19.4. The third-order valence-corrected chi connectivity index (χ3v) is 8.48. The molecule has 1 aliphatic rings. The monoisotopic (exact) mass is 778 g/mol. The van der Waals surface area contributed by atoms with Gasteiger partial charge < -0.3 is 15.2 Å². The fourth-order valence-electron chi connectivity index (χ4n) is 6.15. The van der Waals surface area contributed by atoms with E-state index < -0.39 is 102 Å². The van der Waals surface area contributed by atoms with Crippen LogP contribution in [0.5, 0.6) is 0 Å². The van der Waals surface area contributed by atoms with Crippen molar-refractivity contribution in [2.75, 3.05) is 13.2 Å². The average Bonchev–Trinajstić information content (AvgIpc) is 3.38. The molecule has 0 saturated carbocycles. The third kappa shape index (κ3) is 9.45. The number of halogens is 12. The molecule has 0 fully saturated rings. The van der Waals surface area contributed by atoms with Crippen LogP contribution >= 0.6 is 0 Å². The molecule has 0 saturated heterocycles. The van der Waals surface area contributed by atoms with Crippen molar-refractivity contribution in [2.45, 2.75) is 49.8 Å². The van der Waals surface area contributed by atoms with E-state index in [0.29, 0.717) is 4.90 Å². The van der Waals surface area contributed by atoms with Gasteiger partial charge in [0.25, 0.3) is 0 Å². The SMILES string of the molecule is O=C(N[C@@H](CN(Cc1cc(C(F)(F)F)cc(C(F)(F)F)c1)Cc1cc(C(F)(F)F)cc(C(F)(F)F)c1)C(=O)O)OCC1c2ccccc2-c2ccccc21. The van der Waals surface area contributed by atoms with Gasteiger partial charge in [-0.1, -0.05) is 48.5 Å². The van der Waals surface area contributed by atoms with Gasteiger partial charge in [0.2, 0.25) is 0 Å². The van der Waals surface area contributed by atoms with Crippen LogP contribution in [0.2, 0.25) is 0 Å². The first-order valence-electron chi connectivity index (χ1n) is 15.6. The molecule has 2 N–H and O–H groups in total. The molecule has 0 heterocycles. The number of carboxylic acids is 1. The summed E-state index contributed by atoms with van der Waals surface area (Å²) in [6.07, 6.45) is -22.6. The van der Waals surface area contributed by atoms with Crippen LogP contribution in [0.25, 0.3) is 11.1 Å². The maximum absolute atomic E-state index is 13.6. The Hall–Kier alpha value is -5.26. The summed E-state index contributed by atoms with van der Waals surface area (Å²) in [7, 11) is 0. The first-order valence-corrected chi connectivity index (χ1v) is 15.6. The highest BCUT2D eigenvalue weighted by Crippen LogP contribution is 2.45. The summed E-state index contributed by atoms with van der Waals surface area (Å²) in [6.45, 7) is -3.46. The minimum atomic E-state index is -5.32. The van der Waals surface area contributed by atoms with E-state index >= 15 is 0 Å². The molecule has 1 aliphatic carbocycles. The van der Waals surface area contributed by atoms with Gasteiger partial charge in [0, 0.05) is 25.6 Å². The van der Waals surface area contributed by atoms with Gasteiger partial charge >= 0.3 is 36.8 Å². The average molecular weight is 779 g/mol. The van der Waals surface area contributed by atoms with Crippen molar-refractivity contribution in [3.63, 3.8) is 0 Å². The summed E-state index contributed by atoms with van der Waals surface area (Å²) in [5, 5.41) is 12.0. The van der Waals surface area contributed by atoms with Crippen molar-refractivity contribution in [3.05, 3.63) is 129 Å². The second-order valence-corrected chi connectivity index (χ2v) is 12.4. The lowest BCUT2D eigenvalue weighted by Gasteiger charge is -2.27. The highest BCUT2D eigenvalue weighted by molar-refractivity contribution is 5.81. The van der Waals surface area contributed by atoms with E-state index in [1.165, 1.54) is 0 Å². The van der Waals surface area contributed by atoms with Crippen LogP contribution in [0.4, 0.5) is 57.5 Å². The topological polar surface area (TPSA) is 78.9 Å². The van der Waals surface area contributed by atoms with Crippen LogP contribution in [0.15, 0.2) is 84.9 Å². The molecule has 4 aromatic carbocycles. The van der Waals surface area contributed by atoms with E-state index in [4.69, 9.17) is 4.74 Å². The van der Waals surface area contributed by atoms with Crippen molar-refractivity contribution in [1.82, 2.24) is 10.2 Å². The largest absolute Gasteiger partial charge is 0.480 e. The Morgan fingerprint density at radius 3 is 1.35 bits per heavy atom. The van der Waals surface area contributed by atoms with Crippen molar-refractivity contribution in [2.24, 2.45) is 0 Å². The molecule has 1 atom stereocenters. The molecule has 288 valence electrons. The van der Waals surface area contributed by atoms with E-state index in [0.717, 1.165) is 22.3 Å². The zero-order valence-corrected chi connectivity index (χ0v) is 27.2. The molecular formula is C36H26F12N2O4. The summed E-state index contributed by atoms with van der Waals surface area (Å²) >= 11 is 0. The van der Waals surface area contributed by atoms with Gasteiger partial charge in [-0.25, -0.2) is 9.59 Å². The number of aliphatic carboxylic acids is 1. The summed E-state index contributed by atoms with van der Waals surface area (Å²) in [6, 6.07) is 12.9. The van der Waals surface area contributed by atoms with Crippen LogP contribution in [0.1, 0.15) is 50.4 Å². The van der Waals surface area contributed by atoms with Gasteiger partial charge in [0.1, 0.15) is 12.6 Å². The number of fused-ring (bicyclic) bond motifs is 3. The second-order valence-electron chi connectivity index (χ2n) is 12.4. The molecule has 0 aliphatic heterocycles. The van der Waals surface area contributed by atoms with Crippen molar-refractivity contribution < 1.29 is 72.1 Å². The van der Waals surface area contributed by atoms with Crippen LogP contribution in [0.3, 0.4) is 0 Å². The molecule has 0 aromatic heterocycles. The minimum Gasteiger partial charge on any atom is -0.480 e. The predicted octanol–water partition coefficient (Wildman–Crippen LogP) is 9.76. The maximum Gasteiger partial charge on any atom is 0.416 e. The van der Waals surface area contributed by atoms with Gasteiger partial charge in [0.15, 0.2) is 0 Å². The fourth-order valence-corrected chi connectivity index (χ4v) is 6.15. The van der Waals surface area contributed by atoms with Gasteiger partial charge in [-0.2, -0.15) is 52.7 Å². The first kappa shape index (κ1) is 39.9. The number of amides is 1. The fraction of sp³-hybridized carbons (Fsp3) is 0.278. The van der Waals surface area contributed by atoms with Crippen LogP contribution in [0, 0.1) is 0 Å². The number of hydrogen-bond acceptors (Lipinski definition) is 4. The van der Waals surface area contributed by atoms with Crippen molar-refractivity contribution >= 4 is 12.1 Å². The minimum absolute atomic E-state index is 0.199. The maximum atomic E-state index is 13.6. The Bertz CT molecular complexity index is 1840. The number of alkyl carbamates (subject to hydrolysis) is 1. The number of ether oxygens (including phenoxy) is 1. The number of rotatable bonds is 10. The zero-order valence-electron chi connectivity index (χ0n) is 27.2. The molecule has 4 aromatic rings. The Balaban J connectivity index is 1.45. The van der Waals surface area contributed by atoms with E-state index in [-0.39, 0.29) is 43.0 Å². The first-order chi connectivity index (χ1) is 25.0. The zero-order chi connectivity index (χ0) is 39.8. The van der Waals surface area contributed by atoms with E-state index in [1.54, 1.807) is 36.4 Å². The van der Waals surface area contributed by atoms with Gasteiger partial charge in [0.05, 0.1) is 22.3 Å². The van der Waals surface area contributed by atoms with Gasteiger partial charge in [-0.15, -0.1) is 0 Å². The Labute approximate surface area is 298 Å². The van der Waals surface area contributed by atoms with E-state index in [1.807, 2.05) is 17.4 Å². The number of benzene rings is 4. The molecule has 0 spiro atoms. The molecule has 54 heavy (non-hydrogen) atoms. The lowest BCUT2D eigenvalue weighted by atomic mass is 9.98. The van der Waals surface area contributed by atoms with Crippen molar-refractivity contribution in [1.29, 1.82) is 0 Å². The predicted molar refractivity (Wildman–Crippen MR) is 167 cm³/mol. The number of carbonyl (C=O) groups excluding carboxylic acids is 1. The Morgan fingerprint density at radius 1 is 0.630 bits per heavy atom. The lowest BCUT2D eigenvalue weighted by molar-refractivity contribution is -0.144. The molecule has 0 unspecified atom stereocenters. The van der Waals surface area contributed by atoms with Crippen LogP contribution in [-0.2, 0) is 47.3 Å². The molecule has 6 nitrogen and oxygen atoms in total. The number of nitrogens with one attached hydrogen (secondary N) is 1. The summed E-state index contributed by atoms with van der Waals surface area (Å²) in [5.41, 5.74) is -5.39. The smallest absolute Gasteiger partial charge is 0.416 e. The quantitative estimate of drug-likeness (QED) is 0.157. The Kier molecular flexibility index (Phi) is 11.0. The summed E-state index contributed by atoms with van der Waals surface area (Å²) in [5.74, 6) is -2.32. The van der Waals surface area contributed by atoms with E-state index in [9.17, 15) is 67.4 Å². The Morgan fingerprint density at radius 2 is 1.00 bits per heavy atom. The third-order valence-electron chi connectivity index (χ3n) is 8.48. The number of hydrogen-bond donors (Lipinski definition) is 2. The number of carboxylic acid groups (broad SMARTS) is 1. The van der Waals surface area contributed by atoms with Gasteiger partial charge in [-0.3, -0.25) is 4.90 Å². The number of nitrogens with zero attached hydrogens (tertiary/aromatic N) is 1. The number of alkyl halides is 12. The van der Waals surface area contributed by atoms with Crippen molar-refractivity contribution in [3.8, 4) is 11.1 Å². The molecule has 0 radical (unpaired) electrons. The lowest BCUT2D eigenvalue weighted by Crippen LogP contribution is -2.48. The molecular weight excluding hydrogens is 752 g/mol. The van der Waals surface area contributed by atoms with Crippen LogP contribution < -0.4 is 5.32 Å². The molecule has 5 rings (SSSR count). The molecule has 0 bridgehead atoms. The number of carbonyl (C=O) groups is 2. The standard InChI is InChI=1S/C36H26F12N2O4/c37-33(38,39)21-9-19(10-22(13-21)34(40,41)42)15-50(16-20-11-23(35(43,44)45)14-24(12-20)36(46,47)48)17-30(31(51)52)49-32(53)54-18-29-27-7-3-1-5-25(27)26-6-2-4-8-28(26)29/h1-14,29-30H,15-18H2,(H,49,53)(H,51,52)/t30-/m0/s1. The molecule has 18 heteroatoms.